The zero-order valence-electron chi connectivity index (χ0n) is 9.45. The van der Waals surface area contributed by atoms with E-state index in [2.05, 4.69) is 5.10 Å². The van der Waals surface area contributed by atoms with Crippen molar-refractivity contribution >= 4 is 0 Å². The predicted octanol–water partition coefficient (Wildman–Crippen LogP) is 2.96. The summed E-state index contributed by atoms with van der Waals surface area (Å²) in [6.45, 7) is -0.131. The van der Waals surface area contributed by atoms with E-state index >= 15 is 0 Å². The highest BCUT2D eigenvalue weighted by molar-refractivity contribution is 5.33. The molecule has 0 N–H and O–H groups in total. The maximum Gasteiger partial charge on any atom is 0.419 e. The molecule has 0 saturated carbocycles. The molecule has 0 aliphatic heterocycles. The van der Waals surface area contributed by atoms with Gasteiger partial charge < -0.3 is 0 Å². The van der Waals surface area contributed by atoms with E-state index in [1.165, 1.54) is 12.1 Å². The Hall–Kier alpha value is -2.36. The number of nitrogens with zero attached hydrogens (tertiary/aromatic N) is 3. The molecule has 7 heteroatoms. The van der Waals surface area contributed by atoms with E-state index in [0.717, 1.165) is 16.9 Å². The molecule has 0 aliphatic rings. The zero-order chi connectivity index (χ0) is 14.0. The molecule has 0 fully saturated rings. The Morgan fingerprint density at radius 3 is 2.58 bits per heavy atom. The van der Waals surface area contributed by atoms with E-state index in [1.54, 1.807) is 6.07 Å². The number of alkyl halides is 3. The van der Waals surface area contributed by atoms with Gasteiger partial charge in [0.1, 0.15) is 5.82 Å². The third-order valence-electron chi connectivity index (χ3n) is 2.48. The summed E-state index contributed by atoms with van der Waals surface area (Å²) in [4.78, 5) is 0. The number of rotatable bonds is 2. The first-order valence-electron chi connectivity index (χ1n) is 5.18. The molecule has 0 spiro atoms. The van der Waals surface area contributed by atoms with Crippen molar-refractivity contribution in [3.8, 4) is 6.07 Å². The maximum atomic E-state index is 13.5. The fourth-order valence-electron chi connectivity index (χ4n) is 1.52. The molecule has 0 unspecified atom stereocenters. The van der Waals surface area contributed by atoms with Crippen molar-refractivity contribution < 1.29 is 17.6 Å². The third-order valence-corrected chi connectivity index (χ3v) is 2.48. The molecule has 1 aromatic carbocycles. The fraction of sp³-hybridized carbons (Fsp3) is 0.167. The van der Waals surface area contributed by atoms with Crippen LogP contribution in [0.2, 0.25) is 0 Å². The second kappa shape index (κ2) is 4.72. The van der Waals surface area contributed by atoms with Crippen LogP contribution in [0.15, 0.2) is 30.6 Å². The molecule has 0 amide bonds. The number of nitriles is 1. The van der Waals surface area contributed by atoms with Crippen molar-refractivity contribution in [3.63, 3.8) is 0 Å². The van der Waals surface area contributed by atoms with Gasteiger partial charge in [0, 0.05) is 11.8 Å². The minimum absolute atomic E-state index is 0.131. The molecular formula is C12H7F4N3. The van der Waals surface area contributed by atoms with Gasteiger partial charge in [-0.2, -0.15) is 23.5 Å². The lowest BCUT2D eigenvalue weighted by Gasteiger charge is -2.04. The van der Waals surface area contributed by atoms with E-state index in [-0.39, 0.29) is 17.7 Å². The van der Waals surface area contributed by atoms with Gasteiger partial charge >= 0.3 is 6.18 Å². The summed E-state index contributed by atoms with van der Waals surface area (Å²) in [5.74, 6) is -0.650. The van der Waals surface area contributed by atoms with Crippen LogP contribution in [0.4, 0.5) is 17.6 Å². The molecule has 1 aromatic heterocycles. The molecule has 0 radical (unpaired) electrons. The molecule has 0 saturated heterocycles. The maximum absolute atomic E-state index is 13.5. The summed E-state index contributed by atoms with van der Waals surface area (Å²) in [6.07, 6.45) is -2.99. The van der Waals surface area contributed by atoms with Crippen LogP contribution in [0.1, 0.15) is 16.7 Å². The van der Waals surface area contributed by atoms with Gasteiger partial charge in [-0.3, -0.25) is 4.68 Å². The predicted molar refractivity (Wildman–Crippen MR) is 57.4 cm³/mol. The molecule has 0 aliphatic carbocycles. The summed E-state index contributed by atoms with van der Waals surface area (Å²) >= 11 is 0. The molecule has 2 aromatic rings. The Balaban J connectivity index is 2.22. The lowest BCUT2D eigenvalue weighted by molar-refractivity contribution is -0.137. The zero-order valence-corrected chi connectivity index (χ0v) is 9.45. The average Bonchev–Trinajstić information content (AvgIpc) is 2.80. The second-order valence-corrected chi connectivity index (χ2v) is 3.84. The average molecular weight is 269 g/mol. The molecule has 2 rings (SSSR count). The van der Waals surface area contributed by atoms with Crippen LogP contribution in [-0.4, -0.2) is 9.78 Å². The van der Waals surface area contributed by atoms with Crippen molar-refractivity contribution in [1.82, 2.24) is 9.78 Å². The number of aromatic nitrogens is 2. The summed E-state index contributed by atoms with van der Waals surface area (Å²) < 4.78 is 51.6. The van der Waals surface area contributed by atoms with Crippen molar-refractivity contribution in [1.29, 1.82) is 5.26 Å². The molecular weight excluding hydrogens is 262 g/mol. The van der Waals surface area contributed by atoms with E-state index < -0.39 is 17.6 Å². The van der Waals surface area contributed by atoms with Crippen LogP contribution in [0, 0.1) is 17.1 Å². The van der Waals surface area contributed by atoms with Gasteiger partial charge in [-0.25, -0.2) is 4.39 Å². The van der Waals surface area contributed by atoms with Gasteiger partial charge in [0.2, 0.25) is 0 Å². The van der Waals surface area contributed by atoms with Crippen LogP contribution < -0.4 is 0 Å². The van der Waals surface area contributed by atoms with Crippen molar-refractivity contribution in [2.75, 3.05) is 0 Å². The normalized spacial score (nSPS) is 11.3. The smallest absolute Gasteiger partial charge is 0.268 e. The van der Waals surface area contributed by atoms with Crippen LogP contribution in [0.3, 0.4) is 0 Å². The Morgan fingerprint density at radius 2 is 2.05 bits per heavy atom. The van der Waals surface area contributed by atoms with Crippen molar-refractivity contribution in [2.24, 2.45) is 0 Å². The Labute approximate surface area is 105 Å². The topological polar surface area (TPSA) is 41.6 Å². The van der Waals surface area contributed by atoms with Gasteiger partial charge in [-0.15, -0.1) is 0 Å². The third kappa shape index (κ3) is 2.91. The van der Waals surface area contributed by atoms with Gasteiger partial charge in [0.05, 0.1) is 29.9 Å². The number of hydrogen-bond donors (Lipinski definition) is 0. The summed E-state index contributed by atoms with van der Waals surface area (Å²) in [6, 6.07) is 5.55. The monoisotopic (exact) mass is 269 g/mol. The van der Waals surface area contributed by atoms with Crippen LogP contribution in [0.25, 0.3) is 0 Å². The number of halogens is 4. The van der Waals surface area contributed by atoms with Gasteiger partial charge in [-0.05, 0) is 12.1 Å². The molecule has 0 bridgehead atoms. The molecule has 98 valence electrons. The minimum Gasteiger partial charge on any atom is -0.268 e. The summed E-state index contributed by atoms with van der Waals surface area (Å²) in [7, 11) is 0. The number of hydrogen-bond acceptors (Lipinski definition) is 2. The first kappa shape index (κ1) is 13.1. The fourth-order valence-corrected chi connectivity index (χ4v) is 1.52. The second-order valence-electron chi connectivity index (χ2n) is 3.84. The van der Waals surface area contributed by atoms with Crippen LogP contribution in [-0.2, 0) is 12.7 Å². The lowest BCUT2D eigenvalue weighted by atomic mass is 10.1. The number of benzene rings is 1. The Bertz CT molecular complexity index is 637. The Kier molecular flexibility index (Phi) is 3.25. The van der Waals surface area contributed by atoms with Gasteiger partial charge in [-0.1, -0.05) is 6.07 Å². The first-order valence-corrected chi connectivity index (χ1v) is 5.18. The van der Waals surface area contributed by atoms with Crippen LogP contribution in [0.5, 0.6) is 0 Å². The molecule has 0 atom stereocenters. The Morgan fingerprint density at radius 1 is 1.32 bits per heavy atom. The van der Waals surface area contributed by atoms with Crippen molar-refractivity contribution in [2.45, 2.75) is 12.7 Å². The first-order chi connectivity index (χ1) is 8.90. The van der Waals surface area contributed by atoms with Gasteiger partial charge in [0.25, 0.3) is 0 Å². The van der Waals surface area contributed by atoms with Crippen LogP contribution >= 0.6 is 0 Å². The van der Waals surface area contributed by atoms with Crippen molar-refractivity contribution in [3.05, 3.63) is 53.1 Å². The minimum atomic E-state index is -4.47. The highest BCUT2D eigenvalue weighted by atomic mass is 19.4. The molecule has 19 heavy (non-hydrogen) atoms. The van der Waals surface area contributed by atoms with E-state index in [1.807, 2.05) is 0 Å². The van der Waals surface area contributed by atoms with Gasteiger partial charge in [0.15, 0.2) is 0 Å². The largest absolute Gasteiger partial charge is 0.419 e. The molecule has 1 heterocycles. The van der Waals surface area contributed by atoms with E-state index in [9.17, 15) is 17.6 Å². The quantitative estimate of drug-likeness (QED) is 0.786. The highest BCUT2D eigenvalue weighted by Gasteiger charge is 2.32. The standard InChI is InChI=1S/C12H7F4N3/c13-11-3-8(4-17)1-2-9(11)6-19-7-10(5-18-19)12(14,15)16/h1-3,5,7H,6H2. The lowest BCUT2D eigenvalue weighted by Crippen LogP contribution is -2.05. The highest BCUT2D eigenvalue weighted by Crippen LogP contribution is 2.28. The van der Waals surface area contributed by atoms with E-state index in [0.29, 0.717) is 6.20 Å². The van der Waals surface area contributed by atoms with E-state index in [4.69, 9.17) is 5.26 Å². The summed E-state index contributed by atoms with van der Waals surface area (Å²) in [5.41, 5.74) is -0.574. The summed E-state index contributed by atoms with van der Waals surface area (Å²) in [5, 5.41) is 12.1. The SMILES string of the molecule is N#Cc1ccc(Cn2cc(C(F)(F)F)cn2)c(F)c1. The molecule has 3 nitrogen and oxygen atoms in total.